The molecule has 1 heterocycles. The van der Waals surface area contributed by atoms with E-state index in [0.717, 1.165) is 22.5 Å². The van der Waals surface area contributed by atoms with E-state index in [1.54, 1.807) is 18.2 Å². The topological polar surface area (TPSA) is 50.2 Å². The average molecular weight is 368 g/mol. The molecular formula is C23H17FN4. The van der Waals surface area contributed by atoms with E-state index in [1.807, 2.05) is 66.7 Å². The molecule has 0 aliphatic rings. The molecule has 0 radical (unpaired) electrons. The fourth-order valence-electron chi connectivity index (χ4n) is 2.75. The summed E-state index contributed by atoms with van der Waals surface area (Å²) in [7, 11) is 0. The van der Waals surface area contributed by atoms with E-state index in [9.17, 15) is 4.39 Å². The zero-order chi connectivity index (χ0) is 19.2. The largest absolute Gasteiger partial charge is 0.245 e. The standard InChI is InChI=1S/C23H17FN4/c24-20-14-8-7-13-19(20)16-25-28-23-26-21(17-9-3-1-4-10-17)15-22(27-23)18-11-5-2-6-12-18/h1-16H,(H,26,27,28)/b25-16-. The molecule has 0 unspecified atom stereocenters. The van der Waals surface area contributed by atoms with Gasteiger partial charge in [0, 0.05) is 16.7 Å². The van der Waals surface area contributed by atoms with Gasteiger partial charge in [0.25, 0.3) is 0 Å². The molecule has 0 spiro atoms. The Morgan fingerprint density at radius 1 is 0.714 bits per heavy atom. The van der Waals surface area contributed by atoms with Gasteiger partial charge < -0.3 is 0 Å². The van der Waals surface area contributed by atoms with Crippen LogP contribution in [-0.2, 0) is 0 Å². The van der Waals surface area contributed by atoms with Crippen LogP contribution in [0, 0.1) is 5.82 Å². The van der Waals surface area contributed by atoms with Gasteiger partial charge in [0.15, 0.2) is 0 Å². The minimum Gasteiger partial charge on any atom is -0.245 e. The molecule has 0 saturated heterocycles. The number of anilines is 1. The van der Waals surface area contributed by atoms with Crippen molar-refractivity contribution in [3.05, 3.63) is 102 Å². The zero-order valence-electron chi connectivity index (χ0n) is 15.0. The van der Waals surface area contributed by atoms with E-state index in [4.69, 9.17) is 0 Å². The highest BCUT2D eigenvalue weighted by Crippen LogP contribution is 2.25. The molecule has 0 atom stereocenters. The van der Waals surface area contributed by atoms with Crippen LogP contribution in [0.3, 0.4) is 0 Å². The monoisotopic (exact) mass is 368 g/mol. The Kier molecular flexibility index (Phi) is 5.15. The highest BCUT2D eigenvalue weighted by atomic mass is 19.1. The summed E-state index contributed by atoms with van der Waals surface area (Å²) in [4.78, 5) is 9.11. The molecule has 5 heteroatoms. The fraction of sp³-hybridized carbons (Fsp3) is 0. The van der Waals surface area contributed by atoms with Crippen LogP contribution in [-0.4, -0.2) is 16.2 Å². The molecule has 0 amide bonds. The summed E-state index contributed by atoms with van der Waals surface area (Å²) in [6.45, 7) is 0. The molecule has 136 valence electrons. The second-order valence-electron chi connectivity index (χ2n) is 6.09. The van der Waals surface area contributed by atoms with Crippen LogP contribution >= 0.6 is 0 Å². The van der Waals surface area contributed by atoms with Crippen LogP contribution < -0.4 is 5.43 Å². The number of halogens is 1. The highest BCUT2D eigenvalue weighted by Gasteiger charge is 2.08. The van der Waals surface area contributed by atoms with Crippen molar-refractivity contribution in [2.45, 2.75) is 0 Å². The van der Waals surface area contributed by atoms with Crippen molar-refractivity contribution >= 4 is 12.2 Å². The first-order valence-corrected chi connectivity index (χ1v) is 8.83. The number of hydrogen-bond donors (Lipinski definition) is 1. The molecule has 0 saturated carbocycles. The number of hydrazone groups is 1. The molecule has 28 heavy (non-hydrogen) atoms. The Labute approximate surface area is 162 Å². The molecule has 0 aliphatic carbocycles. The SMILES string of the molecule is Fc1ccccc1/C=N\Nc1nc(-c2ccccc2)cc(-c2ccccc2)n1. The minimum atomic E-state index is -0.336. The van der Waals surface area contributed by atoms with Gasteiger partial charge in [-0.15, -0.1) is 0 Å². The predicted octanol–water partition coefficient (Wildman–Crippen LogP) is 5.40. The van der Waals surface area contributed by atoms with Crippen molar-refractivity contribution < 1.29 is 4.39 Å². The number of rotatable bonds is 5. The molecule has 0 aliphatic heterocycles. The second-order valence-corrected chi connectivity index (χ2v) is 6.09. The highest BCUT2D eigenvalue weighted by molar-refractivity contribution is 5.80. The molecule has 0 fully saturated rings. The summed E-state index contributed by atoms with van der Waals surface area (Å²) in [5.41, 5.74) is 6.71. The lowest BCUT2D eigenvalue weighted by Gasteiger charge is -2.08. The Morgan fingerprint density at radius 2 is 1.25 bits per heavy atom. The van der Waals surface area contributed by atoms with Crippen molar-refractivity contribution in [2.75, 3.05) is 5.43 Å². The Morgan fingerprint density at radius 3 is 1.82 bits per heavy atom. The van der Waals surface area contributed by atoms with Crippen molar-refractivity contribution in [3.8, 4) is 22.5 Å². The molecule has 4 nitrogen and oxygen atoms in total. The third-order valence-corrected chi connectivity index (χ3v) is 4.14. The number of nitrogens with one attached hydrogen (secondary N) is 1. The van der Waals surface area contributed by atoms with Crippen LogP contribution in [0.25, 0.3) is 22.5 Å². The maximum absolute atomic E-state index is 13.7. The van der Waals surface area contributed by atoms with Crippen LogP contribution in [0.1, 0.15) is 5.56 Å². The summed E-state index contributed by atoms with van der Waals surface area (Å²) >= 11 is 0. The lowest BCUT2D eigenvalue weighted by Crippen LogP contribution is -2.00. The van der Waals surface area contributed by atoms with Crippen molar-refractivity contribution in [2.24, 2.45) is 5.10 Å². The fourth-order valence-corrected chi connectivity index (χ4v) is 2.75. The van der Waals surface area contributed by atoms with E-state index >= 15 is 0 Å². The van der Waals surface area contributed by atoms with Gasteiger partial charge in [0.05, 0.1) is 17.6 Å². The maximum atomic E-state index is 13.7. The van der Waals surface area contributed by atoms with E-state index in [0.29, 0.717) is 11.5 Å². The smallest absolute Gasteiger partial charge is 0.244 e. The van der Waals surface area contributed by atoms with Gasteiger partial charge in [-0.1, -0.05) is 78.9 Å². The maximum Gasteiger partial charge on any atom is 0.244 e. The molecule has 1 N–H and O–H groups in total. The summed E-state index contributed by atoms with van der Waals surface area (Å²) < 4.78 is 13.7. The molecule has 1 aromatic heterocycles. The molecule has 3 aromatic carbocycles. The number of nitrogens with zero attached hydrogens (tertiary/aromatic N) is 3. The third kappa shape index (κ3) is 4.10. The molecule has 4 aromatic rings. The minimum absolute atomic E-state index is 0.336. The van der Waals surface area contributed by atoms with Crippen molar-refractivity contribution in [1.29, 1.82) is 0 Å². The molecule has 4 rings (SSSR count). The van der Waals surface area contributed by atoms with E-state index < -0.39 is 0 Å². The first-order valence-electron chi connectivity index (χ1n) is 8.83. The normalized spacial score (nSPS) is 10.9. The number of aromatic nitrogens is 2. The van der Waals surface area contributed by atoms with Crippen LogP contribution in [0.15, 0.2) is 96.1 Å². The average Bonchev–Trinajstić information content (AvgIpc) is 2.76. The first-order chi connectivity index (χ1) is 13.8. The number of hydrogen-bond acceptors (Lipinski definition) is 4. The van der Waals surface area contributed by atoms with Gasteiger partial charge in [-0.3, -0.25) is 0 Å². The van der Waals surface area contributed by atoms with Crippen molar-refractivity contribution in [3.63, 3.8) is 0 Å². The van der Waals surface area contributed by atoms with Crippen LogP contribution in [0.5, 0.6) is 0 Å². The summed E-state index contributed by atoms with van der Waals surface area (Å²) in [6.07, 6.45) is 1.41. The van der Waals surface area contributed by atoms with Crippen LogP contribution in [0.2, 0.25) is 0 Å². The van der Waals surface area contributed by atoms with Gasteiger partial charge in [0.1, 0.15) is 5.82 Å². The quantitative estimate of drug-likeness (QED) is 0.379. The summed E-state index contributed by atoms with van der Waals surface area (Å²) in [5, 5.41) is 4.10. The van der Waals surface area contributed by atoms with E-state index in [2.05, 4.69) is 20.5 Å². The number of benzene rings is 3. The van der Waals surface area contributed by atoms with Gasteiger partial charge in [-0.05, 0) is 12.1 Å². The van der Waals surface area contributed by atoms with Crippen molar-refractivity contribution in [1.82, 2.24) is 9.97 Å². The molecular weight excluding hydrogens is 351 g/mol. The molecule has 0 bridgehead atoms. The van der Waals surface area contributed by atoms with E-state index in [1.165, 1.54) is 12.3 Å². The first kappa shape index (κ1) is 17.5. The lowest BCUT2D eigenvalue weighted by atomic mass is 10.1. The lowest BCUT2D eigenvalue weighted by molar-refractivity contribution is 0.626. The second kappa shape index (κ2) is 8.22. The van der Waals surface area contributed by atoms with Crippen LogP contribution in [0.4, 0.5) is 10.3 Å². The summed E-state index contributed by atoms with van der Waals surface area (Å²) in [5.74, 6) is 0.00442. The van der Waals surface area contributed by atoms with Gasteiger partial charge in [0.2, 0.25) is 5.95 Å². The van der Waals surface area contributed by atoms with Gasteiger partial charge >= 0.3 is 0 Å². The van der Waals surface area contributed by atoms with Gasteiger partial charge in [-0.2, -0.15) is 5.10 Å². The van der Waals surface area contributed by atoms with Gasteiger partial charge in [-0.25, -0.2) is 19.8 Å². The predicted molar refractivity (Wildman–Crippen MR) is 111 cm³/mol. The Balaban J connectivity index is 1.69. The van der Waals surface area contributed by atoms with E-state index in [-0.39, 0.29) is 5.82 Å². The Bertz CT molecular complexity index is 1040. The Hall–Kier alpha value is -3.86. The zero-order valence-corrected chi connectivity index (χ0v) is 15.0. The third-order valence-electron chi connectivity index (χ3n) is 4.14. The summed E-state index contributed by atoms with van der Waals surface area (Å²) in [6, 6.07) is 28.1.